The highest BCUT2D eigenvalue weighted by atomic mass is 16.4. The average Bonchev–Trinajstić information content (AvgIpc) is 1.89. The first kappa shape index (κ1) is 11.7. The van der Waals surface area contributed by atoms with E-state index < -0.39 is 5.97 Å². The molecule has 0 aliphatic rings. The molecule has 10 heavy (non-hydrogen) atoms. The summed E-state index contributed by atoms with van der Waals surface area (Å²) in [6.45, 7) is -0.278. The van der Waals surface area contributed by atoms with Crippen LogP contribution in [0.4, 0.5) is 0 Å². The van der Waals surface area contributed by atoms with Crippen molar-refractivity contribution in [2.45, 2.75) is 0 Å². The Morgan fingerprint density at radius 1 is 1.70 bits per heavy atom. The van der Waals surface area contributed by atoms with Crippen LogP contribution >= 0.6 is 0 Å². The first-order valence-electron chi connectivity index (χ1n) is 2.58. The van der Waals surface area contributed by atoms with Crippen LogP contribution in [0, 0.1) is 0 Å². The lowest BCUT2D eigenvalue weighted by Crippen LogP contribution is -2.10. The molecule has 0 saturated heterocycles. The van der Waals surface area contributed by atoms with Gasteiger partial charge in [-0.15, -0.1) is 0 Å². The van der Waals surface area contributed by atoms with E-state index in [4.69, 9.17) is 5.11 Å². The normalized spacial score (nSPS) is 7.10. The fraction of sp³-hybridized carbons (Fsp3) is 0.600. The molecule has 0 unspecified atom stereocenters. The molecule has 0 fully saturated rings. The molecule has 1 amide bonds. The molecular weight excluding hydrogens is 136 g/mol. The number of rotatable bonds is 2. The highest BCUT2D eigenvalue weighted by Gasteiger charge is 1.81. The van der Waals surface area contributed by atoms with Crippen LogP contribution in [-0.4, -0.2) is 43.0 Å². The van der Waals surface area contributed by atoms with Crippen LogP contribution in [0.3, 0.4) is 0 Å². The molecule has 0 aromatic heterocycles. The number of hydrogen-bond donors (Lipinski definition) is 2. The molecule has 0 aromatic carbocycles. The van der Waals surface area contributed by atoms with Crippen molar-refractivity contribution in [3.63, 3.8) is 0 Å². The Balaban J connectivity index is 0. The first-order valence-corrected chi connectivity index (χ1v) is 2.58. The number of carbonyl (C=O) groups is 2. The molecule has 0 spiro atoms. The van der Waals surface area contributed by atoms with Crippen LogP contribution in [-0.2, 0) is 9.59 Å². The highest BCUT2D eigenvalue weighted by molar-refractivity contribution is 5.68. The number of carboxylic acids is 1. The summed E-state index contributed by atoms with van der Waals surface area (Å²) in [5.41, 5.74) is 4.57. The van der Waals surface area contributed by atoms with E-state index in [2.05, 4.69) is 5.73 Å². The Hall–Kier alpha value is -1.10. The summed E-state index contributed by atoms with van der Waals surface area (Å²) >= 11 is 0. The number of carboxylic acid groups (broad SMARTS) is 1. The summed E-state index contributed by atoms with van der Waals surface area (Å²) in [6, 6.07) is 0. The molecule has 0 aliphatic heterocycles. The van der Waals surface area contributed by atoms with Gasteiger partial charge in [-0.05, 0) is 0 Å². The van der Waals surface area contributed by atoms with Gasteiger partial charge in [0.05, 0.1) is 6.54 Å². The lowest BCUT2D eigenvalue weighted by molar-refractivity contribution is -0.135. The monoisotopic (exact) mass is 148 g/mol. The first-order chi connectivity index (χ1) is 4.54. The zero-order valence-electron chi connectivity index (χ0n) is 6.07. The number of hydrogen-bond acceptors (Lipinski definition) is 3. The Labute approximate surface area is 59.4 Å². The molecule has 0 rings (SSSR count). The maximum absolute atomic E-state index is 9.43. The van der Waals surface area contributed by atoms with E-state index in [-0.39, 0.29) is 6.54 Å². The Bertz CT molecular complexity index is 103. The maximum atomic E-state index is 9.43. The van der Waals surface area contributed by atoms with Crippen molar-refractivity contribution in [3.8, 4) is 0 Å². The van der Waals surface area contributed by atoms with E-state index in [0.717, 1.165) is 6.41 Å². The summed E-state index contributed by atoms with van der Waals surface area (Å²) in [5, 5.41) is 7.60. The molecule has 0 heterocycles. The highest BCUT2D eigenvalue weighted by Crippen LogP contribution is 1.52. The van der Waals surface area contributed by atoms with Gasteiger partial charge < -0.3 is 15.7 Å². The van der Waals surface area contributed by atoms with Crippen LogP contribution < -0.4 is 5.73 Å². The fourth-order valence-electron chi connectivity index (χ4n) is 0. The van der Waals surface area contributed by atoms with E-state index in [9.17, 15) is 9.59 Å². The van der Waals surface area contributed by atoms with Crippen molar-refractivity contribution in [2.75, 3.05) is 20.6 Å². The Kier molecular flexibility index (Phi) is 9.22. The smallest absolute Gasteiger partial charge is 0.317 e. The average molecular weight is 148 g/mol. The molecule has 3 N–H and O–H groups in total. The number of carbonyl (C=O) groups excluding carboxylic acids is 1. The van der Waals surface area contributed by atoms with Gasteiger partial charge in [-0.3, -0.25) is 9.59 Å². The number of nitrogens with zero attached hydrogens (tertiary/aromatic N) is 1. The van der Waals surface area contributed by atoms with Crippen molar-refractivity contribution < 1.29 is 14.7 Å². The van der Waals surface area contributed by atoms with Crippen LogP contribution in [0.25, 0.3) is 0 Å². The fourth-order valence-corrected chi connectivity index (χ4v) is 0. The van der Waals surface area contributed by atoms with Gasteiger partial charge in [-0.25, -0.2) is 0 Å². The second kappa shape index (κ2) is 7.90. The molecular formula is C5H12N2O3. The van der Waals surface area contributed by atoms with Crippen molar-refractivity contribution in [2.24, 2.45) is 5.73 Å². The van der Waals surface area contributed by atoms with Gasteiger partial charge in [-0.1, -0.05) is 0 Å². The second-order valence-corrected chi connectivity index (χ2v) is 1.67. The molecule has 0 aromatic rings. The zero-order valence-corrected chi connectivity index (χ0v) is 6.07. The zero-order chi connectivity index (χ0) is 8.57. The van der Waals surface area contributed by atoms with Gasteiger partial charge >= 0.3 is 5.97 Å². The lowest BCUT2D eigenvalue weighted by atomic mass is 10.7. The van der Waals surface area contributed by atoms with E-state index in [1.165, 1.54) is 4.90 Å². The van der Waals surface area contributed by atoms with E-state index in [1.807, 2.05) is 0 Å². The second-order valence-electron chi connectivity index (χ2n) is 1.67. The number of amides is 1. The van der Waals surface area contributed by atoms with Gasteiger partial charge in [0.2, 0.25) is 6.41 Å². The van der Waals surface area contributed by atoms with Gasteiger partial charge in [0.1, 0.15) is 0 Å². The standard InChI is InChI=1S/C3H7NO.C2H5NO2/c1-4(2)3-5;3-1-2(4)5/h3H,1-2H3;1,3H2,(H,4,5). The third-order valence-electron chi connectivity index (χ3n) is 0.385. The summed E-state index contributed by atoms with van der Waals surface area (Å²) in [7, 11) is 3.38. The van der Waals surface area contributed by atoms with Crippen LogP contribution in [0.5, 0.6) is 0 Å². The molecule has 5 heteroatoms. The van der Waals surface area contributed by atoms with Crippen LogP contribution in [0.1, 0.15) is 0 Å². The van der Waals surface area contributed by atoms with Crippen molar-refractivity contribution >= 4 is 12.4 Å². The van der Waals surface area contributed by atoms with Gasteiger partial charge in [0.25, 0.3) is 0 Å². The summed E-state index contributed by atoms with van der Waals surface area (Å²) in [6.07, 6.45) is 0.750. The van der Waals surface area contributed by atoms with Gasteiger partial charge in [-0.2, -0.15) is 0 Å². The third kappa shape index (κ3) is 28.6. The number of aliphatic carboxylic acids is 1. The quantitative estimate of drug-likeness (QED) is 0.478. The van der Waals surface area contributed by atoms with Crippen molar-refractivity contribution in [1.82, 2.24) is 4.90 Å². The lowest BCUT2D eigenvalue weighted by Gasteiger charge is -1.93. The van der Waals surface area contributed by atoms with E-state index in [0.29, 0.717) is 0 Å². The summed E-state index contributed by atoms with van der Waals surface area (Å²) in [5.74, 6) is -0.968. The minimum atomic E-state index is -0.968. The van der Waals surface area contributed by atoms with E-state index in [1.54, 1.807) is 14.1 Å². The predicted octanol–water partition coefficient (Wildman–Crippen LogP) is -1.27. The minimum Gasteiger partial charge on any atom is -0.480 e. The largest absolute Gasteiger partial charge is 0.480 e. The van der Waals surface area contributed by atoms with Gasteiger partial charge in [0, 0.05) is 14.1 Å². The molecule has 0 radical (unpaired) electrons. The molecule has 0 aliphatic carbocycles. The third-order valence-corrected chi connectivity index (χ3v) is 0.385. The molecule has 60 valence electrons. The topological polar surface area (TPSA) is 83.6 Å². The summed E-state index contributed by atoms with van der Waals surface area (Å²) in [4.78, 5) is 20.1. The predicted molar refractivity (Wildman–Crippen MR) is 36.4 cm³/mol. The molecule has 5 nitrogen and oxygen atoms in total. The molecule has 0 atom stereocenters. The van der Waals surface area contributed by atoms with E-state index >= 15 is 0 Å². The molecule has 0 bridgehead atoms. The molecule has 0 saturated carbocycles. The Morgan fingerprint density at radius 3 is 1.90 bits per heavy atom. The van der Waals surface area contributed by atoms with Gasteiger partial charge in [0.15, 0.2) is 0 Å². The SMILES string of the molecule is CN(C)C=O.NCC(=O)O. The number of nitrogens with two attached hydrogens (primary N) is 1. The van der Waals surface area contributed by atoms with Crippen LogP contribution in [0.2, 0.25) is 0 Å². The van der Waals surface area contributed by atoms with Crippen LogP contribution in [0.15, 0.2) is 0 Å². The maximum Gasteiger partial charge on any atom is 0.317 e. The summed E-state index contributed by atoms with van der Waals surface area (Å²) < 4.78 is 0. The Morgan fingerprint density at radius 2 is 1.90 bits per heavy atom. The van der Waals surface area contributed by atoms with Crippen molar-refractivity contribution in [1.29, 1.82) is 0 Å². The minimum absolute atomic E-state index is 0.278. The van der Waals surface area contributed by atoms with Crippen molar-refractivity contribution in [3.05, 3.63) is 0 Å².